The maximum absolute atomic E-state index is 5.92. The van der Waals surface area contributed by atoms with E-state index in [9.17, 15) is 0 Å². The Kier molecular flexibility index (Phi) is 5.34. The summed E-state index contributed by atoms with van der Waals surface area (Å²) in [6, 6.07) is 14.2. The van der Waals surface area contributed by atoms with Crippen molar-refractivity contribution in [2.75, 3.05) is 13.2 Å². The van der Waals surface area contributed by atoms with E-state index in [1.54, 1.807) is 0 Å². The molecule has 3 nitrogen and oxygen atoms in total. The fourth-order valence-electron chi connectivity index (χ4n) is 2.16. The van der Waals surface area contributed by atoms with Gasteiger partial charge in [0, 0.05) is 19.3 Å². The largest absolute Gasteiger partial charge is 0.492 e. The molecule has 1 heterocycles. The summed E-state index contributed by atoms with van der Waals surface area (Å²) in [7, 11) is 0. The molecule has 0 atom stereocenters. The average molecular weight is 284 g/mol. The highest BCUT2D eigenvalue weighted by molar-refractivity contribution is 5.38. The van der Waals surface area contributed by atoms with E-state index in [-0.39, 0.29) is 5.41 Å². The van der Waals surface area contributed by atoms with Gasteiger partial charge in [-0.3, -0.25) is 4.98 Å². The standard InChI is InChI=1S/C18H24N2O/c1-18(2,3)16-9-4-5-10-17(16)21-13-12-19-14-15-8-6-7-11-20-15/h4-11,19H,12-14H2,1-3H3. The number of benzene rings is 1. The fraction of sp³-hybridized carbons (Fsp3) is 0.389. The third-order valence-corrected chi connectivity index (χ3v) is 3.26. The molecule has 0 amide bonds. The second-order valence-electron chi connectivity index (χ2n) is 6.09. The molecule has 1 N–H and O–H groups in total. The lowest BCUT2D eigenvalue weighted by atomic mass is 9.86. The van der Waals surface area contributed by atoms with E-state index in [0.29, 0.717) is 6.61 Å². The van der Waals surface area contributed by atoms with Crippen molar-refractivity contribution >= 4 is 0 Å². The van der Waals surface area contributed by atoms with Gasteiger partial charge in [-0.25, -0.2) is 0 Å². The van der Waals surface area contributed by atoms with Crippen molar-refractivity contribution in [3.05, 3.63) is 59.9 Å². The van der Waals surface area contributed by atoms with Crippen LogP contribution < -0.4 is 10.1 Å². The van der Waals surface area contributed by atoms with Gasteiger partial charge in [-0.1, -0.05) is 45.0 Å². The van der Waals surface area contributed by atoms with Crippen LogP contribution in [0.2, 0.25) is 0 Å². The van der Waals surface area contributed by atoms with Crippen molar-refractivity contribution in [1.29, 1.82) is 0 Å². The number of rotatable bonds is 6. The van der Waals surface area contributed by atoms with Crippen molar-refractivity contribution in [2.24, 2.45) is 0 Å². The van der Waals surface area contributed by atoms with Gasteiger partial charge >= 0.3 is 0 Å². The summed E-state index contributed by atoms with van der Waals surface area (Å²) >= 11 is 0. The van der Waals surface area contributed by atoms with E-state index in [0.717, 1.165) is 24.5 Å². The van der Waals surface area contributed by atoms with Gasteiger partial charge in [-0.2, -0.15) is 0 Å². The Morgan fingerprint density at radius 1 is 1.05 bits per heavy atom. The zero-order valence-electron chi connectivity index (χ0n) is 13.1. The van der Waals surface area contributed by atoms with Crippen LogP contribution in [-0.2, 0) is 12.0 Å². The van der Waals surface area contributed by atoms with Crippen molar-refractivity contribution < 1.29 is 4.74 Å². The number of hydrogen-bond donors (Lipinski definition) is 1. The Hall–Kier alpha value is -1.87. The van der Waals surface area contributed by atoms with Gasteiger partial charge in [0.2, 0.25) is 0 Å². The first kappa shape index (κ1) is 15.5. The molecule has 0 aliphatic rings. The molecule has 0 spiro atoms. The minimum Gasteiger partial charge on any atom is -0.492 e. The molecule has 21 heavy (non-hydrogen) atoms. The van der Waals surface area contributed by atoms with Gasteiger partial charge in [0.1, 0.15) is 12.4 Å². The summed E-state index contributed by atoms with van der Waals surface area (Å²) in [5, 5.41) is 3.34. The number of para-hydroxylation sites is 1. The Labute approximate surface area is 127 Å². The number of aromatic nitrogens is 1. The molecule has 3 heteroatoms. The molecule has 0 unspecified atom stereocenters. The second-order valence-corrected chi connectivity index (χ2v) is 6.09. The summed E-state index contributed by atoms with van der Waals surface area (Å²) in [6.45, 7) is 8.83. The van der Waals surface area contributed by atoms with Crippen molar-refractivity contribution in [2.45, 2.75) is 32.7 Å². The Morgan fingerprint density at radius 2 is 1.81 bits per heavy atom. The molecule has 2 aromatic rings. The van der Waals surface area contributed by atoms with E-state index in [2.05, 4.69) is 43.2 Å². The van der Waals surface area contributed by atoms with Crippen LogP contribution in [0.25, 0.3) is 0 Å². The SMILES string of the molecule is CC(C)(C)c1ccccc1OCCNCc1ccccn1. The molecule has 0 aliphatic heterocycles. The highest BCUT2D eigenvalue weighted by Gasteiger charge is 2.18. The third kappa shape index (κ3) is 4.87. The van der Waals surface area contributed by atoms with Gasteiger partial charge < -0.3 is 10.1 Å². The van der Waals surface area contributed by atoms with E-state index in [1.165, 1.54) is 5.56 Å². The molecular formula is C18H24N2O. The van der Waals surface area contributed by atoms with Crippen LogP contribution in [0.15, 0.2) is 48.7 Å². The zero-order chi connectivity index (χ0) is 15.1. The smallest absolute Gasteiger partial charge is 0.123 e. The number of pyridine rings is 1. The molecule has 0 aliphatic carbocycles. The van der Waals surface area contributed by atoms with Gasteiger partial charge in [0.05, 0.1) is 5.69 Å². The van der Waals surface area contributed by atoms with Crippen LogP contribution in [0, 0.1) is 0 Å². The molecule has 1 aromatic carbocycles. The van der Waals surface area contributed by atoms with Crippen molar-refractivity contribution in [3.8, 4) is 5.75 Å². The lowest BCUT2D eigenvalue weighted by molar-refractivity contribution is 0.305. The van der Waals surface area contributed by atoms with Crippen LogP contribution in [0.5, 0.6) is 5.75 Å². The van der Waals surface area contributed by atoms with Gasteiger partial charge in [-0.05, 0) is 29.2 Å². The van der Waals surface area contributed by atoms with Crippen LogP contribution in [0.3, 0.4) is 0 Å². The molecule has 0 saturated carbocycles. The zero-order valence-corrected chi connectivity index (χ0v) is 13.1. The topological polar surface area (TPSA) is 34.1 Å². The van der Waals surface area contributed by atoms with E-state index in [4.69, 9.17) is 4.74 Å². The van der Waals surface area contributed by atoms with Gasteiger partial charge in [-0.15, -0.1) is 0 Å². The monoisotopic (exact) mass is 284 g/mol. The van der Waals surface area contributed by atoms with E-state index >= 15 is 0 Å². The minimum atomic E-state index is 0.0952. The predicted octanol–water partition coefficient (Wildman–Crippen LogP) is 3.55. The molecular weight excluding hydrogens is 260 g/mol. The van der Waals surface area contributed by atoms with Crippen LogP contribution >= 0.6 is 0 Å². The van der Waals surface area contributed by atoms with E-state index in [1.807, 2.05) is 36.5 Å². The number of nitrogens with zero attached hydrogens (tertiary/aromatic N) is 1. The maximum Gasteiger partial charge on any atom is 0.123 e. The highest BCUT2D eigenvalue weighted by Crippen LogP contribution is 2.30. The normalized spacial score (nSPS) is 11.4. The lowest BCUT2D eigenvalue weighted by Gasteiger charge is -2.22. The van der Waals surface area contributed by atoms with Gasteiger partial charge in [0.15, 0.2) is 0 Å². The van der Waals surface area contributed by atoms with Crippen molar-refractivity contribution in [3.63, 3.8) is 0 Å². The fourth-order valence-corrected chi connectivity index (χ4v) is 2.16. The highest BCUT2D eigenvalue weighted by atomic mass is 16.5. The second kappa shape index (κ2) is 7.23. The molecule has 112 valence electrons. The van der Waals surface area contributed by atoms with Crippen LogP contribution in [0.1, 0.15) is 32.0 Å². The summed E-state index contributed by atoms with van der Waals surface area (Å²) in [4.78, 5) is 4.28. The lowest BCUT2D eigenvalue weighted by Crippen LogP contribution is -2.22. The predicted molar refractivity (Wildman–Crippen MR) is 86.6 cm³/mol. The van der Waals surface area contributed by atoms with Crippen LogP contribution in [-0.4, -0.2) is 18.1 Å². The summed E-state index contributed by atoms with van der Waals surface area (Å²) < 4.78 is 5.92. The first-order valence-corrected chi connectivity index (χ1v) is 7.40. The average Bonchev–Trinajstić information content (AvgIpc) is 2.47. The summed E-state index contributed by atoms with van der Waals surface area (Å²) in [5.74, 6) is 0.977. The first-order chi connectivity index (χ1) is 10.1. The molecule has 0 bridgehead atoms. The quantitative estimate of drug-likeness (QED) is 0.824. The third-order valence-electron chi connectivity index (χ3n) is 3.26. The Morgan fingerprint density at radius 3 is 2.52 bits per heavy atom. The summed E-state index contributed by atoms with van der Waals surface area (Å²) in [5.41, 5.74) is 2.39. The summed E-state index contributed by atoms with van der Waals surface area (Å²) in [6.07, 6.45) is 1.81. The molecule has 2 rings (SSSR count). The number of hydrogen-bond acceptors (Lipinski definition) is 3. The minimum absolute atomic E-state index is 0.0952. The molecule has 0 radical (unpaired) electrons. The van der Waals surface area contributed by atoms with Crippen molar-refractivity contribution in [1.82, 2.24) is 10.3 Å². The van der Waals surface area contributed by atoms with Crippen LogP contribution in [0.4, 0.5) is 0 Å². The Balaban J connectivity index is 1.79. The van der Waals surface area contributed by atoms with Gasteiger partial charge in [0.25, 0.3) is 0 Å². The van der Waals surface area contributed by atoms with E-state index < -0.39 is 0 Å². The molecule has 0 fully saturated rings. The first-order valence-electron chi connectivity index (χ1n) is 7.40. The Bertz CT molecular complexity index is 547. The maximum atomic E-state index is 5.92. The molecule has 1 aromatic heterocycles. The number of nitrogens with one attached hydrogen (secondary N) is 1. The molecule has 0 saturated heterocycles. The number of ether oxygens (including phenoxy) is 1.